The lowest BCUT2D eigenvalue weighted by atomic mass is 9.86. The summed E-state index contributed by atoms with van der Waals surface area (Å²) in [7, 11) is 0. The molecule has 0 fully saturated rings. The van der Waals surface area contributed by atoms with E-state index >= 15 is 0 Å². The van der Waals surface area contributed by atoms with Gasteiger partial charge in [0.1, 0.15) is 0 Å². The Hall–Kier alpha value is -6.96. The van der Waals surface area contributed by atoms with Crippen molar-refractivity contribution in [1.29, 1.82) is 0 Å². The third-order valence-corrected chi connectivity index (χ3v) is 11.5. The van der Waals surface area contributed by atoms with Gasteiger partial charge in [0.15, 0.2) is 0 Å². The Labute approximate surface area is 329 Å². The summed E-state index contributed by atoms with van der Waals surface area (Å²) in [6.07, 6.45) is 4.56. The van der Waals surface area contributed by atoms with Crippen LogP contribution in [-0.4, -0.2) is 0 Å². The average Bonchev–Trinajstić information content (AvgIpc) is 3.57. The second-order valence-corrected chi connectivity index (χ2v) is 15.5. The Bertz CT molecular complexity index is 2730. The monoisotopic (exact) mass is 715 g/mol. The lowest BCUT2D eigenvalue weighted by molar-refractivity contribution is 0.683. The van der Waals surface area contributed by atoms with Gasteiger partial charge in [-0.1, -0.05) is 178 Å². The summed E-state index contributed by atoms with van der Waals surface area (Å²) in [5.74, 6) is 0. The predicted octanol–water partition coefficient (Wildman–Crippen LogP) is 15.4. The number of benzene rings is 9. The van der Waals surface area contributed by atoms with Gasteiger partial charge in [0.2, 0.25) is 0 Å². The van der Waals surface area contributed by atoms with Crippen LogP contribution in [-0.2, 0) is 5.41 Å². The summed E-state index contributed by atoms with van der Waals surface area (Å²) < 4.78 is 0. The molecule has 9 aromatic carbocycles. The zero-order valence-corrected chi connectivity index (χ0v) is 31.7. The first kappa shape index (κ1) is 33.6. The number of nitrogens with zero attached hydrogens (tertiary/aromatic N) is 1. The van der Waals surface area contributed by atoms with Crippen molar-refractivity contribution in [2.24, 2.45) is 0 Å². The van der Waals surface area contributed by atoms with E-state index in [-0.39, 0.29) is 5.41 Å². The first-order chi connectivity index (χ1) is 27.4. The molecule has 1 aliphatic carbocycles. The van der Waals surface area contributed by atoms with Gasteiger partial charge in [-0.05, 0) is 126 Å². The summed E-state index contributed by atoms with van der Waals surface area (Å²) in [5, 5.41) is 5.05. The van der Waals surface area contributed by atoms with Gasteiger partial charge >= 0.3 is 0 Å². The highest BCUT2D eigenvalue weighted by Crippen LogP contribution is 2.42. The molecular weight excluding hydrogens is 675 g/mol. The van der Waals surface area contributed by atoms with Crippen LogP contribution in [0.4, 0.5) is 17.1 Å². The minimum Gasteiger partial charge on any atom is -0.310 e. The maximum atomic E-state index is 2.38. The van der Waals surface area contributed by atoms with Crippen molar-refractivity contribution in [3.05, 3.63) is 217 Å². The van der Waals surface area contributed by atoms with E-state index in [1.807, 2.05) is 0 Å². The number of anilines is 3. The minimum atomic E-state index is -0.0112. The normalized spacial score (nSPS) is 12.9. The molecule has 1 nitrogen and oxygen atoms in total. The molecule has 0 saturated carbocycles. The molecule has 56 heavy (non-hydrogen) atoms. The van der Waals surface area contributed by atoms with E-state index in [0.29, 0.717) is 0 Å². The Morgan fingerprint density at radius 2 is 0.679 bits per heavy atom. The molecule has 1 heteroatoms. The van der Waals surface area contributed by atoms with Gasteiger partial charge < -0.3 is 4.90 Å². The molecule has 0 saturated heterocycles. The van der Waals surface area contributed by atoms with Crippen LogP contribution in [0.15, 0.2) is 206 Å². The van der Waals surface area contributed by atoms with Gasteiger partial charge in [0.05, 0.1) is 0 Å². The summed E-state index contributed by atoms with van der Waals surface area (Å²) in [6.45, 7) is 4.59. The SMILES string of the molecule is CC1(C)C=Cc2ccc(N(c3ccc(-c4ccc(-c5ccc6ccccc6c5)cc4)cc3)c3ccc(-c4ccc(-c5ccc6ccccc6c5)cc4)cc3)cc21. The van der Waals surface area contributed by atoms with Gasteiger partial charge in [-0.2, -0.15) is 0 Å². The fraction of sp³-hybridized carbons (Fsp3) is 0.0545. The van der Waals surface area contributed by atoms with Crippen LogP contribution in [0, 0.1) is 0 Å². The second kappa shape index (κ2) is 13.7. The summed E-state index contributed by atoms with van der Waals surface area (Å²) >= 11 is 0. The van der Waals surface area contributed by atoms with E-state index in [2.05, 4.69) is 231 Å². The largest absolute Gasteiger partial charge is 0.310 e. The lowest BCUT2D eigenvalue weighted by Gasteiger charge is -2.28. The highest BCUT2D eigenvalue weighted by Gasteiger charge is 2.26. The zero-order chi connectivity index (χ0) is 37.6. The van der Waals surface area contributed by atoms with Crippen LogP contribution in [0.5, 0.6) is 0 Å². The van der Waals surface area contributed by atoms with Gasteiger partial charge in [0, 0.05) is 22.5 Å². The fourth-order valence-corrected chi connectivity index (χ4v) is 8.28. The molecule has 0 bridgehead atoms. The van der Waals surface area contributed by atoms with Crippen molar-refractivity contribution in [3.8, 4) is 44.5 Å². The van der Waals surface area contributed by atoms with Crippen molar-refractivity contribution < 1.29 is 0 Å². The zero-order valence-electron chi connectivity index (χ0n) is 31.7. The van der Waals surface area contributed by atoms with Crippen molar-refractivity contribution in [2.75, 3.05) is 4.90 Å². The number of hydrogen-bond acceptors (Lipinski definition) is 1. The second-order valence-electron chi connectivity index (χ2n) is 15.5. The summed E-state index contributed by atoms with van der Waals surface area (Å²) in [6, 6.07) is 73.2. The van der Waals surface area contributed by atoms with Gasteiger partial charge in [-0.15, -0.1) is 0 Å². The first-order valence-corrected chi connectivity index (χ1v) is 19.5. The molecule has 0 N–H and O–H groups in total. The van der Waals surface area contributed by atoms with Crippen LogP contribution < -0.4 is 4.90 Å². The molecule has 0 amide bonds. The Balaban J connectivity index is 0.948. The third-order valence-electron chi connectivity index (χ3n) is 11.5. The molecule has 266 valence electrons. The van der Waals surface area contributed by atoms with Crippen molar-refractivity contribution >= 4 is 44.7 Å². The standard InChI is InChI=1S/C55H41N/c1-55(2)34-33-46-27-32-53(37-54(46)55)56(51-28-23-42(24-29-51)40-11-15-44(16-12-40)49-21-19-38-7-3-5-9-47(38)35-49)52-30-25-43(26-31-52)41-13-17-45(18-14-41)50-22-20-39-8-4-6-10-48(39)36-50/h3-37H,1-2H3. The Morgan fingerprint density at radius 3 is 1.12 bits per heavy atom. The fourth-order valence-electron chi connectivity index (χ4n) is 8.28. The maximum absolute atomic E-state index is 2.38. The van der Waals surface area contributed by atoms with Crippen LogP contribution in [0.1, 0.15) is 25.0 Å². The van der Waals surface area contributed by atoms with Crippen LogP contribution in [0.2, 0.25) is 0 Å². The van der Waals surface area contributed by atoms with Crippen LogP contribution in [0.3, 0.4) is 0 Å². The van der Waals surface area contributed by atoms with E-state index in [1.54, 1.807) is 0 Å². The molecule has 0 atom stereocenters. The van der Waals surface area contributed by atoms with Crippen LogP contribution >= 0.6 is 0 Å². The molecule has 0 unspecified atom stereocenters. The minimum absolute atomic E-state index is 0.0112. The molecule has 1 aliphatic rings. The van der Waals surface area contributed by atoms with Gasteiger partial charge in [-0.25, -0.2) is 0 Å². The molecule has 9 aromatic rings. The average molecular weight is 716 g/mol. The van der Waals surface area contributed by atoms with E-state index in [9.17, 15) is 0 Å². The molecule has 0 aromatic heterocycles. The topological polar surface area (TPSA) is 3.24 Å². The molecular formula is C55H41N. The summed E-state index contributed by atoms with van der Waals surface area (Å²) in [4.78, 5) is 2.38. The molecule has 10 rings (SSSR count). The highest BCUT2D eigenvalue weighted by molar-refractivity contribution is 5.89. The third kappa shape index (κ3) is 6.28. The summed E-state index contributed by atoms with van der Waals surface area (Å²) in [5.41, 5.74) is 15.7. The van der Waals surface area contributed by atoms with Crippen molar-refractivity contribution in [3.63, 3.8) is 0 Å². The van der Waals surface area contributed by atoms with E-state index in [4.69, 9.17) is 0 Å². The molecule has 0 aliphatic heterocycles. The van der Waals surface area contributed by atoms with E-state index in [0.717, 1.165) is 17.1 Å². The molecule has 0 heterocycles. The number of rotatable bonds is 7. The van der Waals surface area contributed by atoms with Gasteiger partial charge in [-0.3, -0.25) is 0 Å². The highest BCUT2D eigenvalue weighted by atomic mass is 15.1. The smallest absolute Gasteiger partial charge is 0.0465 e. The molecule has 0 radical (unpaired) electrons. The lowest BCUT2D eigenvalue weighted by Crippen LogP contribution is -2.14. The van der Waals surface area contributed by atoms with Crippen LogP contribution in [0.25, 0.3) is 72.1 Å². The quantitative estimate of drug-likeness (QED) is 0.159. The van der Waals surface area contributed by atoms with Crippen molar-refractivity contribution in [1.82, 2.24) is 0 Å². The number of allylic oxidation sites excluding steroid dienone is 1. The predicted molar refractivity (Wildman–Crippen MR) is 240 cm³/mol. The first-order valence-electron chi connectivity index (χ1n) is 19.5. The van der Waals surface area contributed by atoms with E-state index in [1.165, 1.54) is 77.2 Å². The van der Waals surface area contributed by atoms with Gasteiger partial charge in [0.25, 0.3) is 0 Å². The Kier molecular flexibility index (Phi) is 8.23. The maximum Gasteiger partial charge on any atom is 0.0465 e. The van der Waals surface area contributed by atoms with E-state index < -0.39 is 0 Å². The van der Waals surface area contributed by atoms with Crippen molar-refractivity contribution in [2.45, 2.75) is 19.3 Å². The molecule has 0 spiro atoms. The number of hydrogen-bond donors (Lipinski definition) is 0. The number of fused-ring (bicyclic) bond motifs is 3. The Morgan fingerprint density at radius 1 is 0.321 bits per heavy atom.